The summed E-state index contributed by atoms with van der Waals surface area (Å²) in [5.74, 6) is 2.48. The second-order valence-electron chi connectivity index (χ2n) is 6.64. The molecule has 0 saturated heterocycles. The molecule has 0 bridgehead atoms. The lowest BCUT2D eigenvalue weighted by atomic mass is 10.1. The highest BCUT2D eigenvalue weighted by molar-refractivity contribution is 7.99. The number of rotatable bonds is 10. The Balaban J connectivity index is 1.49. The summed E-state index contributed by atoms with van der Waals surface area (Å²) in [6.07, 6.45) is 0.939. The lowest BCUT2D eigenvalue weighted by Crippen LogP contribution is -2.18. The lowest BCUT2D eigenvalue weighted by molar-refractivity contribution is 0.315. The van der Waals surface area contributed by atoms with Gasteiger partial charge in [0.05, 0.1) is 19.4 Å². The summed E-state index contributed by atoms with van der Waals surface area (Å²) in [5, 5.41) is 0. The number of halogens is 1. The SMILES string of the molecule is COc1ccc(SCCCOc2ccccc2CN(C)c2ccccc2F)cc1. The second kappa shape index (κ2) is 10.8. The highest BCUT2D eigenvalue weighted by Crippen LogP contribution is 2.25. The molecule has 0 N–H and O–H groups in total. The van der Waals surface area contributed by atoms with E-state index in [-0.39, 0.29) is 5.82 Å². The maximum atomic E-state index is 14.0. The van der Waals surface area contributed by atoms with Crippen molar-refractivity contribution in [2.45, 2.75) is 17.9 Å². The van der Waals surface area contributed by atoms with Crippen molar-refractivity contribution in [3.63, 3.8) is 0 Å². The van der Waals surface area contributed by atoms with E-state index in [9.17, 15) is 4.39 Å². The molecule has 0 atom stereocenters. The molecule has 0 unspecified atom stereocenters. The Hall–Kier alpha value is -2.66. The van der Waals surface area contributed by atoms with Crippen LogP contribution in [-0.4, -0.2) is 26.5 Å². The van der Waals surface area contributed by atoms with Gasteiger partial charge >= 0.3 is 0 Å². The van der Waals surface area contributed by atoms with Gasteiger partial charge in [0, 0.05) is 29.8 Å². The molecule has 0 heterocycles. The third-order valence-corrected chi connectivity index (χ3v) is 5.62. The monoisotopic (exact) mass is 411 g/mol. The van der Waals surface area contributed by atoms with Crippen LogP contribution in [0.2, 0.25) is 0 Å². The van der Waals surface area contributed by atoms with Gasteiger partial charge in [-0.1, -0.05) is 30.3 Å². The first-order valence-electron chi connectivity index (χ1n) is 9.60. The number of thioether (sulfide) groups is 1. The molecule has 0 aromatic heterocycles. The second-order valence-corrected chi connectivity index (χ2v) is 7.81. The summed E-state index contributed by atoms with van der Waals surface area (Å²) in [6, 6.07) is 22.8. The molecular weight excluding hydrogens is 385 g/mol. The van der Waals surface area contributed by atoms with Gasteiger partial charge in [0.1, 0.15) is 17.3 Å². The average molecular weight is 412 g/mol. The molecule has 152 valence electrons. The van der Waals surface area contributed by atoms with E-state index in [4.69, 9.17) is 9.47 Å². The molecule has 0 spiro atoms. The van der Waals surface area contributed by atoms with Gasteiger partial charge in [-0.3, -0.25) is 0 Å². The number of methoxy groups -OCH3 is 1. The van der Waals surface area contributed by atoms with E-state index in [1.54, 1.807) is 31.0 Å². The predicted octanol–water partition coefficient (Wildman–Crippen LogP) is 6.03. The van der Waals surface area contributed by atoms with Gasteiger partial charge in [0.2, 0.25) is 0 Å². The molecule has 0 radical (unpaired) electrons. The van der Waals surface area contributed by atoms with E-state index in [1.165, 1.54) is 11.0 Å². The fourth-order valence-electron chi connectivity index (χ4n) is 2.98. The zero-order valence-corrected chi connectivity index (χ0v) is 17.6. The van der Waals surface area contributed by atoms with Crippen molar-refractivity contribution in [2.75, 3.05) is 31.4 Å². The Morgan fingerprint density at radius 2 is 1.66 bits per heavy atom. The van der Waals surface area contributed by atoms with Crippen LogP contribution in [0.15, 0.2) is 77.7 Å². The molecule has 29 heavy (non-hydrogen) atoms. The van der Waals surface area contributed by atoms with Gasteiger partial charge in [0.15, 0.2) is 0 Å². The van der Waals surface area contributed by atoms with Crippen LogP contribution in [-0.2, 0) is 6.54 Å². The average Bonchev–Trinajstić information content (AvgIpc) is 2.75. The van der Waals surface area contributed by atoms with E-state index >= 15 is 0 Å². The van der Waals surface area contributed by atoms with E-state index in [1.807, 2.05) is 54.4 Å². The summed E-state index contributed by atoms with van der Waals surface area (Å²) in [4.78, 5) is 3.12. The summed E-state index contributed by atoms with van der Waals surface area (Å²) in [6.45, 7) is 1.22. The van der Waals surface area contributed by atoms with Crippen LogP contribution in [0.4, 0.5) is 10.1 Å². The van der Waals surface area contributed by atoms with E-state index < -0.39 is 0 Å². The summed E-state index contributed by atoms with van der Waals surface area (Å²) in [7, 11) is 3.56. The minimum atomic E-state index is -0.219. The molecule has 5 heteroatoms. The van der Waals surface area contributed by atoms with Crippen molar-refractivity contribution < 1.29 is 13.9 Å². The molecule has 3 rings (SSSR count). The van der Waals surface area contributed by atoms with Crippen molar-refractivity contribution in [2.24, 2.45) is 0 Å². The molecule has 3 aromatic carbocycles. The normalized spacial score (nSPS) is 10.6. The molecule has 0 amide bonds. The van der Waals surface area contributed by atoms with Gasteiger partial charge in [-0.25, -0.2) is 4.39 Å². The maximum Gasteiger partial charge on any atom is 0.146 e. The van der Waals surface area contributed by atoms with Gasteiger partial charge < -0.3 is 14.4 Å². The molecule has 0 aliphatic carbocycles. The Labute approximate surface area is 176 Å². The summed E-state index contributed by atoms with van der Waals surface area (Å²) >= 11 is 1.80. The topological polar surface area (TPSA) is 21.7 Å². The van der Waals surface area contributed by atoms with Crippen LogP contribution < -0.4 is 14.4 Å². The molecule has 0 aliphatic heterocycles. The van der Waals surface area contributed by atoms with Gasteiger partial charge in [-0.05, 0) is 48.9 Å². The molecular formula is C24H26FNO2S. The third-order valence-electron chi connectivity index (χ3n) is 4.52. The zero-order chi connectivity index (χ0) is 20.5. The minimum absolute atomic E-state index is 0.219. The number of benzene rings is 3. The van der Waals surface area contributed by atoms with Crippen LogP contribution in [0.5, 0.6) is 11.5 Å². The molecule has 0 aliphatic rings. The first-order chi connectivity index (χ1) is 14.2. The first-order valence-corrected chi connectivity index (χ1v) is 10.6. The predicted molar refractivity (Wildman–Crippen MR) is 119 cm³/mol. The molecule has 3 aromatic rings. The third kappa shape index (κ3) is 6.16. The smallest absolute Gasteiger partial charge is 0.146 e. The Morgan fingerprint density at radius 3 is 2.41 bits per heavy atom. The van der Waals surface area contributed by atoms with Gasteiger partial charge in [-0.2, -0.15) is 0 Å². The van der Waals surface area contributed by atoms with Gasteiger partial charge in [0.25, 0.3) is 0 Å². The van der Waals surface area contributed by atoms with Gasteiger partial charge in [-0.15, -0.1) is 11.8 Å². The number of hydrogen-bond acceptors (Lipinski definition) is 4. The lowest BCUT2D eigenvalue weighted by Gasteiger charge is -2.21. The Morgan fingerprint density at radius 1 is 0.931 bits per heavy atom. The van der Waals surface area contributed by atoms with Crippen molar-refractivity contribution >= 4 is 17.4 Å². The minimum Gasteiger partial charge on any atom is -0.497 e. The maximum absolute atomic E-state index is 14.0. The fourth-order valence-corrected chi connectivity index (χ4v) is 3.81. The fraction of sp³-hybridized carbons (Fsp3) is 0.250. The highest BCUT2D eigenvalue weighted by Gasteiger charge is 2.10. The quantitative estimate of drug-likeness (QED) is 0.300. The first kappa shape index (κ1) is 21.1. The van der Waals surface area contributed by atoms with E-state index in [0.717, 1.165) is 29.2 Å². The number of anilines is 1. The molecule has 3 nitrogen and oxygen atoms in total. The van der Waals surface area contributed by atoms with Crippen molar-refractivity contribution in [3.05, 3.63) is 84.2 Å². The van der Waals surface area contributed by atoms with Crippen molar-refractivity contribution in [1.29, 1.82) is 0 Å². The molecule has 0 saturated carbocycles. The van der Waals surface area contributed by atoms with Crippen LogP contribution in [0.1, 0.15) is 12.0 Å². The summed E-state index contributed by atoms with van der Waals surface area (Å²) < 4.78 is 25.2. The zero-order valence-electron chi connectivity index (χ0n) is 16.8. The van der Waals surface area contributed by atoms with E-state index in [2.05, 4.69) is 12.1 Å². The van der Waals surface area contributed by atoms with Crippen molar-refractivity contribution in [3.8, 4) is 11.5 Å². The highest BCUT2D eigenvalue weighted by atomic mass is 32.2. The number of ether oxygens (including phenoxy) is 2. The van der Waals surface area contributed by atoms with Crippen LogP contribution >= 0.6 is 11.8 Å². The van der Waals surface area contributed by atoms with Crippen LogP contribution in [0.25, 0.3) is 0 Å². The van der Waals surface area contributed by atoms with Crippen molar-refractivity contribution in [1.82, 2.24) is 0 Å². The largest absolute Gasteiger partial charge is 0.497 e. The molecule has 0 fully saturated rings. The summed E-state index contributed by atoms with van der Waals surface area (Å²) in [5.41, 5.74) is 1.62. The van der Waals surface area contributed by atoms with Crippen LogP contribution in [0.3, 0.4) is 0 Å². The number of para-hydroxylation sites is 2. The number of nitrogens with zero attached hydrogens (tertiary/aromatic N) is 1. The standard InChI is InChI=1S/C24H26FNO2S/c1-26(23-10-5-4-9-22(23)25)18-19-8-3-6-11-24(19)28-16-7-17-29-21-14-12-20(27-2)13-15-21/h3-6,8-15H,7,16-18H2,1-2H3. The Kier molecular flexibility index (Phi) is 7.82. The van der Waals surface area contributed by atoms with E-state index in [0.29, 0.717) is 18.8 Å². The Bertz CT molecular complexity index is 901. The van der Waals surface area contributed by atoms with Crippen LogP contribution in [0, 0.1) is 5.82 Å². The number of hydrogen-bond donors (Lipinski definition) is 0.